The maximum atomic E-state index is 14.4. The zero-order valence-corrected chi connectivity index (χ0v) is 48.5. The molecule has 19 heteroatoms. The number of amides is 1. The van der Waals surface area contributed by atoms with Crippen LogP contribution in [0.4, 0.5) is 17.1 Å². The van der Waals surface area contributed by atoms with Crippen molar-refractivity contribution in [1.29, 1.82) is 0 Å². The van der Waals surface area contributed by atoms with Crippen molar-refractivity contribution in [1.82, 2.24) is 14.8 Å². The summed E-state index contributed by atoms with van der Waals surface area (Å²) in [4.78, 5) is 50.4. The first-order valence-corrected chi connectivity index (χ1v) is 28.2. The smallest absolute Gasteiger partial charge is 0.312 e. The number of fused-ring (bicyclic) bond motifs is 16. The van der Waals surface area contributed by atoms with Crippen molar-refractivity contribution >= 4 is 63.5 Å². The van der Waals surface area contributed by atoms with Gasteiger partial charge in [0, 0.05) is 110 Å². The number of methoxy groups -OCH3 is 1. The molecular formula is C61H78N6O12S. The monoisotopic (exact) mass is 1120 g/mol. The van der Waals surface area contributed by atoms with Crippen LogP contribution in [0.25, 0.3) is 10.8 Å². The third kappa shape index (κ3) is 12.3. The first kappa shape index (κ1) is 59.5. The van der Waals surface area contributed by atoms with E-state index in [1.165, 1.54) is 100 Å². The number of hydrogen-bond donors (Lipinski definition) is 6. The fourth-order valence-electron chi connectivity index (χ4n) is 11.3. The highest BCUT2D eigenvalue weighted by atomic mass is 32.2. The Balaban J connectivity index is 0.000000329. The molecule has 1 unspecified atom stereocenters. The number of phenolic OH excluding ortho intramolecular Hbond substituents is 3. The van der Waals surface area contributed by atoms with Crippen LogP contribution < -0.4 is 15.0 Å². The van der Waals surface area contributed by atoms with Crippen LogP contribution in [0.15, 0.2) is 99.6 Å². The first-order valence-electron chi connectivity index (χ1n) is 27.4. The molecule has 2 saturated heterocycles. The normalized spacial score (nSPS) is 29.2. The molecule has 2 fully saturated rings. The lowest BCUT2D eigenvalue weighted by atomic mass is 9.78. The van der Waals surface area contributed by atoms with E-state index >= 15 is 0 Å². The van der Waals surface area contributed by atoms with E-state index in [2.05, 4.69) is 80.7 Å². The van der Waals surface area contributed by atoms with Crippen molar-refractivity contribution in [2.75, 3.05) is 77.2 Å². The van der Waals surface area contributed by atoms with Crippen molar-refractivity contribution < 1.29 is 58.9 Å². The molecule has 80 heavy (non-hydrogen) atoms. The lowest BCUT2D eigenvalue weighted by molar-refractivity contribution is -0.160. The van der Waals surface area contributed by atoms with Gasteiger partial charge in [0.05, 0.1) is 64.4 Å². The Morgan fingerprint density at radius 1 is 0.850 bits per heavy atom. The number of aromatic hydroxyl groups is 3. The van der Waals surface area contributed by atoms with Gasteiger partial charge in [0.2, 0.25) is 0 Å². The number of anilines is 3. The molecule has 6 N–H and O–H groups in total. The maximum Gasteiger partial charge on any atom is 0.312 e. The number of hydrazone groups is 1. The average Bonchev–Trinajstić information content (AvgIpc) is 4.10. The highest BCUT2D eigenvalue weighted by molar-refractivity contribution is 7.99. The molecule has 10 rings (SSSR count). The van der Waals surface area contributed by atoms with Crippen LogP contribution >= 0.6 is 11.8 Å². The Morgan fingerprint density at radius 2 is 1.50 bits per heavy atom. The van der Waals surface area contributed by atoms with Gasteiger partial charge in [0.1, 0.15) is 23.4 Å². The highest BCUT2D eigenvalue weighted by Crippen LogP contribution is 2.55. The lowest BCUT2D eigenvalue weighted by Crippen LogP contribution is -2.46. The number of Topliss-reactive ketones (excluding diaryl/α,β-unsaturated/α-hetero) is 1. The summed E-state index contributed by atoms with van der Waals surface area (Å²) in [5.41, 5.74) is 2.39. The fourth-order valence-corrected chi connectivity index (χ4v) is 12.4. The number of phenols is 3. The molecule has 10 atom stereocenters. The topological polar surface area (TPSA) is 227 Å². The number of likely N-dealkylation sites (N-methyl/N-ethyl adjacent to an activating group) is 1. The number of ketones is 1. The third-order valence-corrected chi connectivity index (χ3v) is 17.5. The molecule has 0 spiro atoms. The molecule has 4 aromatic rings. The van der Waals surface area contributed by atoms with Gasteiger partial charge in [-0.2, -0.15) is 5.10 Å². The van der Waals surface area contributed by atoms with E-state index in [0.29, 0.717) is 13.1 Å². The summed E-state index contributed by atoms with van der Waals surface area (Å²) < 4.78 is 23.6. The number of carbonyl (C=O) groups excluding carboxylic acids is 3. The van der Waals surface area contributed by atoms with E-state index < -0.39 is 88.8 Å². The molecule has 1 amide bonds. The number of nitrogens with zero attached hydrogens (tertiary/aromatic N) is 5. The Hall–Kier alpha value is -6.61. The summed E-state index contributed by atoms with van der Waals surface area (Å²) in [6.07, 6.45) is 6.17. The van der Waals surface area contributed by atoms with E-state index in [4.69, 9.17) is 18.9 Å². The second kappa shape index (κ2) is 25.0. The molecule has 18 nitrogen and oxygen atoms in total. The minimum Gasteiger partial charge on any atom is -0.507 e. The van der Waals surface area contributed by atoms with Gasteiger partial charge in [-0.15, -0.1) is 0 Å². The predicted molar refractivity (Wildman–Crippen MR) is 310 cm³/mol. The van der Waals surface area contributed by atoms with E-state index in [1.807, 2.05) is 18.8 Å². The standard InChI is InChI=1S/C43H58N4O12.C18H20N2S/c1-21-12-11-13-22(2)42(55)45-33-28(20-44-47-17-15-46(9)16-18-47)37(52)30-31(38(33)53)36(51)26(6)40-32(30)41(54)43(8,59-40)57-19-14-29(56-10)23(3)39(58-27(7)48)25(5)35(50)24(4)34(21)49;1-19-11-10-14(12-19)13-20-15-6-2-4-8-17(15)21-18-9-5-3-7-16(18)20/h11-14,19-21,23-25,29,34-35,39,49-53H,15-18H2,1-10H3,(H,45,55);2-9,14H,10-13H2,1H3/b12-11+,19-14+,22-13-,44-20+;/t21-,23+,24+,25+,29-,34-,35+,39+,43-;/m0./s1. The van der Waals surface area contributed by atoms with Gasteiger partial charge < -0.3 is 64.5 Å². The average molecular weight is 1120 g/mol. The van der Waals surface area contributed by atoms with Gasteiger partial charge in [-0.25, -0.2) is 0 Å². The second-order valence-electron chi connectivity index (χ2n) is 22.2. The predicted octanol–water partition coefficient (Wildman–Crippen LogP) is 8.58. The molecule has 4 aromatic carbocycles. The van der Waals surface area contributed by atoms with E-state index in [9.17, 15) is 39.9 Å². The Labute approximate surface area is 473 Å². The minimum atomic E-state index is -2.04. The Bertz CT molecular complexity index is 3040. The van der Waals surface area contributed by atoms with Crippen molar-refractivity contribution in [2.45, 2.75) is 102 Å². The summed E-state index contributed by atoms with van der Waals surface area (Å²) in [6, 6.07) is 17.6. The molecule has 6 aliphatic heterocycles. The first-order chi connectivity index (χ1) is 38.0. The number of piperazine rings is 1. The van der Waals surface area contributed by atoms with Gasteiger partial charge in [0.25, 0.3) is 11.7 Å². The van der Waals surface area contributed by atoms with E-state index in [-0.39, 0.29) is 44.5 Å². The number of para-hydroxylation sites is 2. The largest absolute Gasteiger partial charge is 0.507 e. The molecule has 0 aromatic heterocycles. The molecule has 0 aliphatic carbocycles. The van der Waals surface area contributed by atoms with Crippen LogP contribution in [0.1, 0.15) is 76.4 Å². The molecule has 0 radical (unpaired) electrons. The van der Waals surface area contributed by atoms with Gasteiger partial charge in [-0.3, -0.25) is 19.4 Å². The zero-order chi connectivity index (χ0) is 57.9. The Kier molecular flexibility index (Phi) is 18.6. The molecule has 6 aliphatic rings. The van der Waals surface area contributed by atoms with Crippen LogP contribution in [0, 0.1) is 36.5 Å². The number of allylic oxidation sites excluding steroid dienone is 2. The number of likely N-dealkylation sites (tertiary alicyclic amines) is 1. The van der Waals surface area contributed by atoms with Gasteiger partial charge >= 0.3 is 11.8 Å². The quantitative estimate of drug-likeness (QED) is 0.0460. The molecule has 6 heterocycles. The number of carbonyl (C=O) groups is 3. The summed E-state index contributed by atoms with van der Waals surface area (Å²) in [5, 5.41) is 66.8. The summed E-state index contributed by atoms with van der Waals surface area (Å²) in [6.45, 7) is 18.7. The van der Waals surface area contributed by atoms with Crippen LogP contribution in [0.2, 0.25) is 0 Å². The minimum absolute atomic E-state index is 0.0559. The number of aliphatic hydroxyl groups is 2. The Morgan fingerprint density at radius 3 is 2.11 bits per heavy atom. The van der Waals surface area contributed by atoms with Crippen LogP contribution in [0.5, 0.6) is 23.0 Å². The van der Waals surface area contributed by atoms with Gasteiger partial charge in [0.15, 0.2) is 5.75 Å². The van der Waals surface area contributed by atoms with Gasteiger partial charge in [-0.1, -0.05) is 82.0 Å². The number of nitrogens with one attached hydrogen (secondary N) is 1. The number of benzene rings is 4. The second-order valence-corrected chi connectivity index (χ2v) is 23.3. The highest BCUT2D eigenvalue weighted by Gasteiger charge is 2.50. The van der Waals surface area contributed by atoms with Crippen molar-refractivity contribution in [3.63, 3.8) is 0 Å². The molecule has 430 valence electrons. The lowest BCUT2D eigenvalue weighted by Gasteiger charge is -2.38. The summed E-state index contributed by atoms with van der Waals surface area (Å²) in [7, 11) is 5.65. The van der Waals surface area contributed by atoms with Crippen LogP contribution in [-0.2, 0) is 23.8 Å². The number of esters is 1. The maximum absolute atomic E-state index is 14.4. The van der Waals surface area contributed by atoms with Crippen molar-refractivity contribution in [3.05, 3.63) is 101 Å². The third-order valence-electron chi connectivity index (χ3n) is 16.3. The fraction of sp³-hybridized carbons (Fsp3) is 0.475. The number of ether oxygens (including phenoxy) is 4. The molecular weight excluding hydrogens is 1040 g/mol. The molecule has 0 saturated carbocycles. The van der Waals surface area contributed by atoms with Crippen molar-refractivity contribution in [2.24, 2.45) is 34.7 Å². The summed E-state index contributed by atoms with van der Waals surface area (Å²) in [5.74, 6) is -7.58. The SMILES string of the molecule is CN1CCC(CN2c3ccccc3Sc3ccccc32)C1.CO[C@H]1/C=C/O[C@@]2(C)Oc3c(C)c(O)c4c(O)c(c(/C=N/N5CCN(C)CC5)c(O)c4c3C2=O)NC(=O)/C(C)=C\C=C\[C@H](C)[C@H](O)[C@@H](C)[C@@H](O)[C@@H](C)[C@H](OC(C)=O)[C@@H]1C. The number of hydrogen-bond acceptors (Lipinski definition) is 18. The van der Waals surface area contributed by atoms with Gasteiger partial charge in [-0.05, 0) is 77.2 Å². The van der Waals surface area contributed by atoms with Crippen LogP contribution in [0.3, 0.4) is 0 Å². The van der Waals surface area contributed by atoms with Crippen molar-refractivity contribution in [3.8, 4) is 23.0 Å². The number of rotatable bonds is 6. The molecule has 5 bridgehead atoms. The van der Waals surface area contributed by atoms with E-state index in [1.54, 1.807) is 44.9 Å². The summed E-state index contributed by atoms with van der Waals surface area (Å²) >= 11 is 1.89. The van der Waals surface area contributed by atoms with E-state index in [0.717, 1.165) is 25.6 Å². The van der Waals surface area contributed by atoms with Crippen LogP contribution in [-0.4, -0.2) is 161 Å². The zero-order valence-electron chi connectivity index (χ0n) is 47.7. The number of aliphatic hydroxyl groups excluding tert-OH is 2.